The van der Waals surface area contributed by atoms with Crippen LogP contribution in [0, 0.1) is 0 Å². The summed E-state index contributed by atoms with van der Waals surface area (Å²) in [5.41, 5.74) is -1.37. The lowest BCUT2D eigenvalue weighted by Crippen LogP contribution is -2.56. The number of ether oxygens (including phenoxy) is 1. The van der Waals surface area contributed by atoms with Gasteiger partial charge in [0.25, 0.3) is 0 Å². The van der Waals surface area contributed by atoms with Crippen molar-refractivity contribution >= 4 is 12.1 Å². The molecule has 5 heteroatoms. The van der Waals surface area contributed by atoms with Gasteiger partial charge in [-0.2, -0.15) is 0 Å². The molecule has 0 aliphatic heterocycles. The Kier molecular flexibility index (Phi) is 5.74. The van der Waals surface area contributed by atoms with Crippen LogP contribution in [0.3, 0.4) is 0 Å². The molecule has 1 amide bonds. The molecule has 1 aromatic carbocycles. The Balaban J connectivity index is 3.03. The molecule has 2 N–H and O–H groups in total. The van der Waals surface area contributed by atoms with Gasteiger partial charge in [0.2, 0.25) is 0 Å². The molecule has 0 saturated carbocycles. The molecule has 5 nitrogen and oxygen atoms in total. The Hall–Kier alpha value is -2.30. The highest BCUT2D eigenvalue weighted by Crippen LogP contribution is 2.20. The topological polar surface area (TPSA) is 75.6 Å². The summed E-state index contributed by atoms with van der Waals surface area (Å²) in [5, 5.41) is 12.1. The number of alkyl carbamates (subject to hydrolysis) is 1. The lowest BCUT2D eigenvalue weighted by Gasteiger charge is -2.31. The van der Waals surface area contributed by atoms with Gasteiger partial charge in [0, 0.05) is 6.42 Å². The van der Waals surface area contributed by atoms with Crippen molar-refractivity contribution in [3.63, 3.8) is 0 Å². The zero-order valence-corrected chi connectivity index (χ0v) is 13.3. The van der Waals surface area contributed by atoms with Crippen LogP contribution in [0.1, 0.15) is 32.8 Å². The first-order chi connectivity index (χ1) is 10.2. The first-order valence-corrected chi connectivity index (χ1v) is 7.08. The zero-order valence-electron chi connectivity index (χ0n) is 13.3. The molecular formula is C17H23NO4. The fraction of sp³-hybridized carbons (Fsp3) is 0.412. The zero-order chi connectivity index (χ0) is 16.8. The number of hydrogen-bond acceptors (Lipinski definition) is 3. The van der Waals surface area contributed by atoms with Crippen LogP contribution in [0.2, 0.25) is 0 Å². The van der Waals surface area contributed by atoms with E-state index in [1.807, 2.05) is 30.3 Å². The van der Waals surface area contributed by atoms with Gasteiger partial charge >= 0.3 is 12.1 Å². The molecule has 22 heavy (non-hydrogen) atoms. The summed E-state index contributed by atoms with van der Waals surface area (Å²) in [6.45, 7) is 8.76. The molecule has 1 atom stereocenters. The van der Waals surface area contributed by atoms with Crippen molar-refractivity contribution in [3.05, 3.63) is 48.6 Å². The maximum absolute atomic E-state index is 12.0. The van der Waals surface area contributed by atoms with Gasteiger partial charge in [-0.25, -0.2) is 9.59 Å². The summed E-state index contributed by atoms with van der Waals surface area (Å²) in [4.78, 5) is 23.8. The van der Waals surface area contributed by atoms with Gasteiger partial charge in [0.05, 0.1) is 0 Å². The van der Waals surface area contributed by atoms with E-state index in [0.717, 1.165) is 5.56 Å². The molecule has 1 aromatic rings. The number of carboxylic acids is 1. The number of carboxylic acid groups (broad SMARTS) is 1. The third-order valence-corrected chi connectivity index (χ3v) is 2.99. The number of carbonyl (C=O) groups is 2. The van der Waals surface area contributed by atoms with Crippen LogP contribution >= 0.6 is 0 Å². The van der Waals surface area contributed by atoms with Crippen LogP contribution in [0.15, 0.2) is 43.0 Å². The van der Waals surface area contributed by atoms with Crippen LogP contribution in [-0.2, 0) is 16.0 Å². The fourth-order valence-corrected chi connectivity index (χ4v) is 2.07. The van der Waals surface area contributed by atoms with Crippen LogP contribution in [0.5, 0.6) is 0 Å². The van der Waals surface area contributed by atoms with E-state index in [1.54, 1.807) is 20.8 Å². The maximum Gasteiger partial charge on any atom is 0.408 e. The molecule has 0 bridgehead atoms. The van der Waals surface area contributed by atoms with Gasteiger partial charge < -0.3 is 15.2 Å². The predicted octanol–water partition coefficient (Wildman–Crippen LogP) is 3.15. The summed E-state index contributed by atoms with van der Waals surface area (Å²) in [6, 6.07) is 9.13. The Morgan fingerprint density at radius 2 is 1.86 bits per heavy atom. The highest BCUT2D eigenvalue weighted by Gasteiger charge is 2.40. The molecular weight excluding hydrogens is 282 g/mol. The van der Waals surface area contributed by atoms with Crippen LogP contribution in [0.25, 0.3) is 0 Å². The first kappa shape index (κ1) is 17.8. The van der Waals surface area contributed by atoms with E-state index >= 15 is 0 Å². The van der Waals surface area contributed by atoms with Crippen LogP contribution < -0.4 is 5.32 Å². The van der Waals surface area contributed by atoms with E-state index in [4.69, 9.17) is 4.74 Å². The van der Waals surface area contributed by atoms with Crippen molar-refractivity contribution in [2.24, 2.45) is 0 Å². The standard InChI is InChI=1S/C17H23NO4/c1-5-11-17(14(19)20,12-13-9-7-6-8-10-13)18-15(21)22-16(2,3)4/h5-10H,1,11-12H2,2-4H3,(H,18,21)(H,19,20). The molecule has 0 aliphatic rings. The van der Waals surface area contributed by atoms with Crippen molar-refractivity contribution in [2.45, 2.75) is 44.8 Å². The highest BCUT2D eigenvalue weighted by molar-refractivity contribution is 5.85. The van der Waals surface area contributed by atoms with E-state index in [0.29, 0.717) is 0 Å². The number of benzene rings is 1. The molecule has 0 saturated heterocycles. The summed E-state index contributed by atoms with van der Waals surface area (Å²) >= 11 is 0. The molecule has 120 valence electrons. The lowest BCUT2D eigenvalue weighted by molar-refractivity contribution is -0.144. The van der Waals surface area contributed by atoms with Crippen molar-refractivity contribution in [1.82, 2.24) is 5.32 Å². The summed E-state index contributed by atoms with van der Waals surface area (Å²) < 4.78 is 5.18. The monoisotopic (exact) mass is 305 g/mol. The highest BCUT2D eigenvalue weighted by atomic mass is 16.6. The van der Waals surface area contributed by atoms with Gasteiger partial charge in [0.15, 0.2) is 0 Å². The maximum atomic E-state index is 12.0. The van der Waals surface area contributed by atoms with E-state index in [-0.39, 0.29) is 12.8 Å². The SMILES string of the molecule is C=CCC(Cc1ccccc1)(NC(=O)OC(C)(C)C)C(=O)O. The summed E-state index contributed by atoms with van der Waals surface area (Å²) in [6.07, 6.45) is 0.965. The fourth-order valence-electron chi connectivity index (χ4n) is 2.07. The first-order valence-electron chi connectivity index (χ1n) is 7.08. The minimum atomic E-state index is -1.48. The number of hydrogen-bond donors (Lipinski definition) is 2. The van der Waals surface area contributed by atoms with Crippen molar-refractivity contribution in [2.75, 3.05) is 0 Å². The molecule has 0 aliphatic carbocycles. The summed E-state index contributed by atoms with van der Waals surface area (Å²) in [5.74, 6) is -1.12. The third-order valence-electron chi connectivity index (χ3n) is 2.99. The number of rotatable bonds is 6. The van der Waals surface area contributed by atoms with Gasteiger partial charge in [-0.05, 0) is 32.8 Å². The smallest absolute Gasteiger partial charge is 0.408 e. The number of amides is 1. The van der Waals surface area contributed by atoms with E-state index in [9.17, 15) is 14.7 Å². The van der Waals surface area contributed by atoms with Crippen molar-refractivity contribution in [1.29, 1.82) is 0 Å². The molecule has 0 radical (unpaired) electrons. The molecule has 0 heterocycles. The van der Waals surface area contributed by atoms with E-state index in [1.165, 1.54) is 6.08 Å². The Bertz CT molecular complexity index is 533. The molecule has 0 spiro atoms. The van der Waals surface area contributed by atoms with Gasteiger partial charge in [-0.3, -0.25) is 0 Å². The van der Waals surface area contributed by atoms with Gasteiger partial charge in [-0.1, -0.05) is 36.4 Å². The van der Waals surface area contributed by atoms with Crippen molar-refractivity contribution in [3.8, 4) is 0 Å². The van der Waals surface area contributed by atoms with Crippen LogP contribution in [0.4, 0.5) is 4.79 Å². The number of carbonyl (C=O) groups excluding carboxylic acids is 1. The number of aliphatic carboxylic acids is 1. The molecule has 0 fully saturated rings. The second-order valence-corrected chi connectivity index (χ2v) is 6.17. The number of nitrogens with one attached hydrogen (secondary N) is 1. The second kappa shape index (κ2) is 7.11. The Morgan fingerprint density at radius 3 is 2.32 bits per heavy atom. The average Bonchev–Trinajstić information content (AvgIpc) is 2.37. The van der Waals surface area contributed by atoms with Crippen LogP contribution in [-0.4, -0.2) is 28.3 Å². The molecule has 1 rings (SSSR count). The average molecular weight is 305 g/mol. The summed E-state index contributed by atoms with van der Waals surface area (Å²) in [7, 11) is 0. The quantitative estimate of drug-likeness (QED) is 0.792. The Morgan fingerprint density at radius 1 is 1.27 bits per heavy atom. The minimum absolute atomic E-state index is 0.0937. The largest absolute Gasteiger partial charge is 0.479 e. The predicted molar refractivity (Wildman–Crippen MR) is 84.7 cm³/mol. The van der Waals surface area contributed by atoms with Gasteiger partial charge in [0.1, 0.15) is 11.1 Å². The second-order valence-electron chi connectivity index (χ2n) is 6.17. The molecule has 1 unspecified atom stereocenters. The van der Waals surface area contributed by atoms with Crippen molar-refractivity contribution < 1.29 is 19.4 Å². The lowest BCUT2D eigenvalue weighted by atomic mass is 9.87. The normalized spacial score (nSPS) is 13.8. The Labute approximate surface area is 131 Å². The third kappa shape index (κ3) is 5.24. The minimum Gasteiger partial charge on any atom is -0.479 e. The van der Waals surface area contributed by atoms with Gasteiger partial charge in [-0.15, -0.1) is 6.58 Å². The van der Waals surface area contributed by atoms with E-state index in [2.05, 4.69) is 11.9 Å². The molecule has 0 aromatic heterocycles. The van der Waals surface area contributed by atoms with E-state index < -0.39 is 23.2 Å².